The van der Waals surface area contributed by atoms with Crippen molar-refractivity contribution in [2.45, 2.75) is 32.2 Å². The minimum absolute atomic E-state index is 0.132. The van der Waals surface area contributed by atoms with Gasteiger partial charge >= 0.3 is 0 Å². The van der Waals surface area contributed by atoms with Crippen LogP contribution in [0.3, 0.4) is 0 Å². The van der Waals surface area contributed by atoms with Crippen molar-refractivity contribution in [3.8, 4) is 11.5 Å². The monoisotopic (exact) mass is 223 g/mol. The first kappa shape index (κ1) is 12.8. The van der Waals surface area contributed by atoms with Crippen LogP contribution >= 0.6 is 0 Å². The number of hydrogen-bond donors (Lipinski definition) is 1. The average molecular weight is 223 g/mol. The van der Waals surface area contributed by atoms with Gasteiger partial charge in [0.15, 0.2) is 11.5 Å². The Hall–Kier alpha value is -1.22. The molecule has 0 saturated heterocycles. The summed E-state index contributed by atoms with van der Waals surface area (Å²) in [7, 11) is 3.29. The van der Waals surface area contributed by atoms with E-state index < -0.39 is 0 Å². The van der Waals surface area contributed by atoms with Crippen LogP contribution in [0.1, 0.15) is 25.8 Å². The van der Waals surface area contributed by atoms with Crippen LogP contribution in [0, 0.1) is 0 Å². The Balaban J connectivity index is 2.75. The van der Waals surface area contributed by atoms with Crippen molar-refractivity contribution < 1.29 is 9.47 Å². The largest absolute Gasteiger partial charge is 0.493 e. The zero-order valence-electron chi connectivity index (χ0n) is 10.5. The van der Waals surface area contributed by atoms with Crippen LogP contribution in [-0.2, 0) is 6.42 Å². The van der Waals surface area contributed by atoms with Crippen LogP contribution in [0.5, 0.6) is 11.5 Å². The van der Waals surface area contributed by atoms with Crippen LogP contribution in [0.2, 0.25) is 0 Å². The van der Waals surface area contributed by atoms with Crippen molar-refractivity contribution in [2.75, 3.05) is 14.2 Å². The molecule has 0 aliphatic carbocycles. The standard InChI is InChI=1S/C13H21NO2/c1-13(2,14)8-7-10-5-6-11(15-3)12(9-10)16-4/h5-6,9H,7-8,14H2,1-4H3. The van der Waals surface area contributed by atoms with E-state index in [1.807, 2.05) is 32.0 Å². The van der Waals surface area contributed by atoms with Crippen molar-refractivity contribution in [1.29, 1.82) is 0 Å². The molecule has 3 nitrogen and oxygen atoms in total. The number of benzene rings is 1. The molecule has 0 spiro atoms. The number of nitrogens with two attached hydrogens (primary N) is 1. The molecule has 1 aromatic rings. The lowest BCUT2D eigenvalue weighted by molar-refractivity contribution is 0.354. The van der Waals surface area contributed by atoms with Gasteiger partial charge in [0, 0.05) is 5.54 Å². The molecule has 0 heterocycles. The van der Waals surface area contributed by atoms with Crippen LogP contribution < -0.4 is 15.2 Å². The van der Waals surface area contributed by atoms with E-state index in [2.05, 4.69) is 0 Å². The molecule has 0 aliphatic rings. The Morgan fingerprint density at radius 3 is 2.25 bits per heavy atom. The Bertz CT molecular complexity index is 342. The van der Waals surface area contributed by atoms with Crippen molar-refractivity contribution >= 4 is 0 Å². The fourth-order valence-electron chi connectivity index (χ4n) is 1.50. The van der Waals surface area contributed by atoms with Crippen molar-refractivity contribution in [1.82, 2.24) is 0 Å². The fourth-order valence-corrected chi connectivity index (χ4v) is 1.50. The zero-order chi connectivity index (χ0) is 12.2. The first-order valence-electron chi connectivity index (χ1n) is 5.46. The van der Waals surface area contributed by atoms with Gasteiger partial charge in [0.2, 0.25) is 0 Å². The molecular weight excluding hydrogens is 202 g/mol. The number of ether oxygens (including phenoxy) is 2. The molecule has 2 N–H and O–H groups in total. The molecule has 16 heavy (non-hydrogen) atoms. The molecular formula is C13H21NO2. The molecule has 90 valence electrons. The third-order valence-corrected chi connectivity index (χ3v) is 2.51. The maximum Gasteiger partial charge on any atom is 0.160 e. The lowest BCUT2D eigenvalue weighted by atomic mass is 9.96. The molecule has 0 atom stereocenters. The van der Waals surface area contributed by atoms with Gasteiger partial charge in [-0.2, -0.15) is 0 Å². The predicted molar refractivity (Wildman–Crippen MR) is 66.1 cm³/mol. The van der Waals surface area contributed by atoms with Crippen LogP contribution in [0.4, 0.5) is 0 Å². The number of aryl methyl sites for hydroxylation is 1. The number of methoxy groups -OCH3 is 2. The van der Waals surface area contributed by atoms with E-state index in [9.17, 15) is 0 Å². The lowest BCUT2D eigenvalue weighted by Crippen LogP contribution is -2.32. The zero-order valence-corrected chi connectivity index (χ0v) is 10.5. The summed E-state index contributed by atoms with van der Waals surface area (Å²) in [6.07, 6.45) is 1.90. The van der Waals surface area contributed by atoms with Gasteiger partial charge in [-0.25, -0.2) is 0 Å². The van der Waals surface area contributed by atoms with E-state index in [1.54, 1.807) is 14.2 Å². The van der Waals surface area contributed by atoms with Gasteiger partial charge in [0.05, 0.1) is 14.2 Å². The van der Waals surface area contributed by atoms with Crippen molar-refractivity contribution in [3.63, 3.8) is 0 Å². The molecule has 0 aliphatic heterocycles. The van der Waals surface area contributed by atoms with E-state index in [-0.39, 0.29) is 5.54 Å². The Labute approximate surface area is 97.6 Å². The summed E-state index contributed by atoms with van der Waals surface area (Å²) < 4.78 is 10.4. The summed E-state index contributed by atoms with van der Waals surface area (Å²) in [5.41, 5.74) is 7.04. The smallest absolute Gasteiger partial charge is 0.160 e. The van der Waals surface area contributed by atoms with E-state index in [4.69, 9.17) is 15.2 Å². The van der Waals surface area contributed by atoms with E-state index >= 15 is 0 Å². The van der Waals surface area contributed by atoms with Crippen LogP contribution in [0.15, 0.2) is 18.2 Å². The van der Waals surface area contributed by atoms with Gasteiger partial charge in [0.25, 0.3) is 0 Å². The summed E-state index contributed by atoms with van der Waals surface area (Å²) in [5, 5.41) is 0. The minimum atomic E-state index is -0.132. The van der Waals surface area contributed by atoms with Gasteiger partial charge in [0.1, 0.15) is 0 Å². The number of rotatable bonds is 5. The highest BCUT2D eigenvalue weighted by molar-refractivity contribution is 5.42. The highest BCUT2D eigenvalue weighted by Crippen LogP contribution is 2.28. The Morgan fingerprint density at radius 2 is 1.75 bits per heavy atom. The summed E-state index contributed by atoms with van der Waals surface area (Å²) in [4.78, 5) is 0. The third-order valence-electron chi connectivity index (χ3n) is 2.51. The summed E-state index contributed by atoms with van der Waals surface area (Å²) >= 11 is 0. The highest BCUT2D eigenvalue weighted by Gasteiger charge is 2.11. The lowest BCUT2D eigenvalue weighted by Gasteiger charge is -2.18. The first-order valence-corrected chi connectivity index (χ1v) is 5.46. The topological polar surface area (TPSA) is 44.5 Å². The third kappa shape index (κ3) is 3.74. The molecule has 0 saturated carbocycles. The summed E-state index contributed by atoms with van der Waals surface area (Å²) in [6, 6.07) is 5.98. The predicted octanol–water partition coefficient (Wildman–Crippen LogP) is 2.37. The maximum atomic E-state index is 5.95. The van der Waals surface area contributed by atoms with Crippen molar-refractivity contribution in [2.24, 2.45) is 5.73 Å². The Morgan fingerprint density at radius 1 is 1.12 bits per heavy atom. The Kier molecular flexibility index (Phi) is 4.19. The van der Waals surface area contributed by atoms with E-state index in [1.165, 1.54) is 5.56 Å². The van der Waals surface area contributed by atoms with Crippen LogP contribution in [-0.4, -0.2) is 19.8 Å². The normalized spacial score (nSPS) is 11.3. The second-order valence-electron chi connectivity index (χ2n) is 4.68. The minimum Gasteiger partial charge on any atom is -0.493 e. The quantitative estimate of drug-likeness (QED) is 0.833. The molecule has 1 aromatic carbocycles. The molecule has 0 unspecified atom stereocenters. The van der Waals surface area contributed by atoms with E-state index in [0.717, 1.165) is 24.3 Å². The maximum absolute atomic E-state index is 5.95. The van der Waals surface area contributed by atoms with Gasteiger partial charge in [-0.3, -0.25) is 0 Å². The van der Waals surface area contributed by atoms with Gasteiger partial charge in [-0.1, -0.05) is 6.07 Å². The average Bonchev–Trinajstić information content (AvgIpc) is 2.25. The molecule has 0 amide bonds. The molecule has 1 rings (SSSR count). The molecule has 0 aromatic heterocycles. The fraction of sp³-hybridized carbons (Fsp3) is 0.538. The SMILES string of the molecule is COc1ccc(CCC(C)(C)N)cc1OC. The van der Waals surface area contributed by atoms with Crippen molar-refractivity contribution in [3.05, 3.63) is 23.8 Å². The highest BCUT2D eigenvalue weighted by atomic mass is 16.5. The molecule has 0 fully saturated rings. The van der Waals surface area contributed by atoms with Gasteiger partial charge < -0.3 is 15.2 Å². The molecule has 3 heteroatoms. The summed E-state index contributed by atoms with van der Waals surface area (Å²) in [6.45, 7) is 4.07. The molecule has 0 radical (unpaired) electrons. The van der Waals surface area contributed by atoms with Crippen LogP contribution in [0.25, 0.3) is 0 Å². The summed E-state index contributed by atoms with van der Waals surface area (Å²) in [5.74, 6) is 1.54. The number of hydrogen-bond acceptors (Lipinski definition) is 3. The van der Waals surface area contributed by atoms with Gasteiger partial charge in [-0.15, -0.1) is 0 Å². The molecule has 0 bridgehead atoms. The second kappa shape index (κ2) is 5.21. The second-order valence-corrected chi connectivity index (χ2v) is 4.68. The first-order chi connectivity index (χ1) is 7.46. The van der Waals surface area contributed by atoms with Gasteiger partial charge in [-0.05, 0) is 44.4 Å². The van der Waals surface area contributed by atoms with E-state index in [0.29, 0.717) is 0 Å².